The molecule has 0 aromatic carbocycles. The van der Waals surface area contributed by atoms with Gasteiger partial charge in [0.1, 0.15) is 5.82 Å². The van der Waals surface area contributed by atoms with Crippen LogP contribution in [0.15, 0.2) is 18.3 Å². The molecule has 2 N–H and O–H groups in total. The normalized spacial score (nSPS) is 17.0. The Morgan fingerprint density at radius 2 is 1.84 bits per heavy atom. The van der Waals surface area contributed by atoms with Gasteiger partial charge in [-0.1, -0.05) is 18.9 Å². The van der Waals surface area contributed by atoms with Crippen molar-refractivity contribution in [2.75, 3.05) is 31.1 Å². The van der Waals surface area contributed by atoms with Gasteiger partial charge < -0.3 is 15.5 Å². The molecule has 142 valence electrons. The summed E-state index contributed by atoms with van der Waals surface area (Å²) in [6.07, 6.45) is 9.68. The maximum Gasteiger partial charge on any atom is 0.234 e. The number of carbonyl (C=O) groups excluding carboxylic acids is 1. The summed E-state index contributed by atoms with van der Waals surface area (Å²) in [5.74, 6) is 1.92. The summed E-state index contributed by atoms with van der Waals surface area (Å²) in [5.41, 5.74) is 1.05. The number of hydrogen-bond donors (Lipinski definition) is 2. The van der Waals surface area contributed by atoms with Gasteiger partial charge in [0.05, 0.1) is 6.54 Å². The van der Waals surface area contributed by atoms with Crippen LogP contribution in [0.4, 0.5) is 5.82 Å². The monoisotopic (exact) mass is 388 g/mol. The highest BCUT2D eigenvalue weighted by atomic mass is 35.5. The SMILES string of the molecule is Cl.Cl.O=C(CNCC1CC1)NCc1ccc(N2CCCCCC2)nc1. The van der Waals surface area contributed by atoms with Crippen molar-refractivity contribution >= 4 is 36.5 Å². The fourth-order valence-electron chi connectivity index (χ4n) is 2.98. The van der Waals surface area contributed by atoms with Crippen molar-refractivity contribution in [2.45, 2.75) is 45.1 Å². The lowest BCUT2D eigenvalue weighted by Gasteiger charge is -2.21. The van der Waals surface area contributed by atoms with Crippen LogP contribution in [0.25, 0.3) is 0 Å². The number of amides is 1. The van der Waals surface area contributed by atoms with Crippen molar-refractivity contribution in [3.63, 3.8) is 0 Å². The van der Waals surface area contributed by atoms with Crippen LogP contribution in [0.2, 0.25) is 0 Å². The Morgan fingerprint density at radius 1 is 1.12 bits per heavy atom. The first-order chi connectivity index (χ1) is 11.3. The topological polar surface area (TPSA) is 57.3 Å². The molecule has 1 aromatic rings. The van der Waals surface area contributed by atoms with Crippen LogP contribution in [0.1, 0.15) is 44.1 Å². The van der Waals surface area contributed by atoms with Gasteiger partial charge in [0, 0.05) is 25.8 Å². The first kappa shape index (κ1) is 22.0. The van der Waals surface area contributed by atoms with Crippen molar-refractivity contribution in [3.8, 4) is 0 Å². The van der Waals surface area contributed by atoms with Gasteiger partial charge >= 0.3 is 0 Å². The molecule has 1 aromatic heterocycles. The maximum atomic E-state index is 11.8. The van der Waals surface area contributed by atoms with Gasteiger partial charge in [-0.25, -0.2) is 4.98 Å². The Labute approximate surface area is 163 Å². The highest BCUT2D eigenvalue weighted by Gasteiger charge is 2.20. The van der Waals surface area contributed by atoms with Crippen molar-refractivity contribution in [1.82, 2.24) is 15.6 Å². The summed E-state index contributed by atoms with van der Waals surface area (Å²) in [6.45, 7) is 4.15. The van der Waals surface area contributed by atoms with Crippen molar-refractivity contribution in [2.24, 2.45) is 5.92 Å². The second-order valence-corrected chi connectivity index (χ2v) is 6.78. The van der Waals surface area contributed by atoms with Gasteiger partial charge in [-0.3, -0.25) is 4.79 Å². The molecule has 1 aliphatic carbocycles. The van der Waals surface area contributed by atoms with E-state index in [-0.39, 0.29) is 30.7 Å². The molecule has 7 heteroatoms. The molecule has 0 radical (unpaired) electrons. The minimum atomic E-state index is 0. The van der Waals surface area contributed by atoms with Gasteiger partial charge in [0.2, 0.25) is 5.91 Å². The largest absolute Gasteiger partial charge is 0.357 e. The Kier molecular flexibility index (Phi) is 10.2. The molecular weight excluding hydrogens is 359 g/mol. The van der Waals surface area contributed by atoms with Crippen LogP contribution < -0.4 is 15.5 Å². The van der Waals surface area contributed by atoms with E-state index in [9.17, 15) is 4.79 Å². The zero-order chi connectivity index (χ0) is 15.9. The molecule has 1 saturated heterocycles. The van der Waals surface area contributed by atoms with Crippen LogP contribution in [0.5, 0.6) is 0 Å². The molecular formula is C18H30Cl2N4O. The molecule has 1 saturated carbocycles. The smallest absolute Gasteiger partial charge is 0.234 e. The molecule has 0 bridgehead atoms. The van der Waals surface area contributed by atoms with Crippen LogP contribution in [-0.2, 0) is 11.3 Å². The first-order valence-electron chi connectivity index (χ1n) is 8.98. The van der Waals surface area contributed by atoms with Gasteiger partial charge in [-0.05, 0) is 49.8 Å². The minimum absolute atomic E-state index is 0. The fourth-order valence-corrected chi connectivity index (χ4v) is 2.98. The Hall–Kier alpha value is -1.04. The van der Waals surface area contributed by atoms with E-state index in [1.165, 1.54) is 38.5 Å². The number of hydrogen-bond acceptors (Lipinski definition) is 4. The molecule has 0 atom stereocenters. The van der Waals surface area contributed by atoms with E-state index in [0.717, 1.165) is 36.9 Å². The number of halogens is 2. The van der Waals surface area contributed by atoms with Crippen LogP contribution in [-0.4, -0.2) is 37.1 Å². The fraction of sp³-hybridized carbons (Fsp3) is 0.667. The molecule has 2 heterocycles. The number of pyridine rings is 1. The number of nitrogens with zero attached hydrogens (tertiary/aromatic N) is 2. The molecule has 1 amide bonds. The lowest BCUT2D eigenvalue weighted by Crippen LogP contribution is -2.34. The van der Waals surface area contributed by atoms with Crippen LogP contribution in [0, 0.1) is 5.92 Å². The summed E-state index contributed by atoms with van der Waals surface area (Å²) in [7, 11) is 0. The standard InChI is InChI=1S/C18H28N4O.2ClH/c23-18(14-19-11-15-5-6-15)21-13-16-7-8-17(20-12-16)22-9-3-1-2-4-10-22;;/h7-8,12,15,19H,1-6,9-11,13-14H2,(H,21,23);2*1H. The Balaban J connectivity index is 0.00000156. The second kappa shape index (κ2) is 11.6. The zero-order valence-corrected chi connectivity index (χ0v) is 16.3. The minimum Gasteiger partial charge on any atom is -0.357 e. The summed E-state index contributed by atoms with van der Waals surface area (Å²) in [6, 6.07) is 4.16. The van der Waals surface area contributed by atoms with Crippen molar-refractivity contribution in [3.05, 3.63) is 23.9 Å². The van der Waals surface area contributed by atoms with Crippen LogP contribution in [0.3, 0.4) is 0 Å². The quantitative estimate of drug-likeness (QED) is 0.753. The number of rotatable bonds is 7. The third-order valence-corrected chi connectivity index (χ3v) is 4.64. The van der Waals surface area contributed by atoms with E-state index in [1.807, 2.05) is 6.20 Å². The van der Waals surface area contributed by atoms with Crippen LogP contribution >= 0.6 is 24.8 Å². The molecule has 25 heavy (non-hydrogen) atoms. The average molecular weight is 389 g/mol. The summed E-state index contributed by atoms with van der Waals surface area (Å²) >= 11 is 0. The lowest BCUT2D eigenvalue weighted by atomic mass is 10.2. The van der Waals surface area contributed by atoms with E-state index in [0.29, 0.717) is 13.1 Å². The Morgan fingerprint density at radius 3 is 2.44 bits per heavy atom. The molecule has 2 fully saturated rings. The predicted molar refractivity (Wildman–Crippen MR) is 107 cm³/mol. The Bertz CT molecular complexity index is 500. The number of nitrogens with one attached hydrogen (secondary N) is 2. The third kappa shape index (κ3) is 7.80. The van der Waals surface area contributed by atoms with Crippen molar-refractivity contribution in [1.29, 1.82) is 0 Å². The molecule has 2 aliphatic rings. The molecule has 5 nitrogen and oxygen atoms in total. The van der Waals surface area contributed by atoms with Gasteiger partial charge in [0.25, 0.3) is 0 Å². The molecule has 1 aliphatic heterocycles. The first-order valence-corrected chi connectivity index (χ1v) is 8.98. The predicted octanol–water partition coefficient (Wildman–Crippen LogP) is 2.92. The summed E-state index contributed by atoms with van der Waals surface area (Å²) < 4.78 is 0. The average Bonchev–Trinajstić information content (AvgIpc) is 3.40. The van der Waals surface area contributed by atoms with E-state index in [4.69, 9.17) is 0 Å². The summed E-state index contributed by atoms with van der Waals surface area (Å²) in [4.78, 5) is 18.7. The van der Waals surface area contributed by atoms with Gasteiger partial charge in [-0.2, -0.15) is 0 Å². The molecule has 3 rings (SSSR count). The maximum absolute atomic E-state index is 11.8. The van der Waals surface area contributed by atoms with E-state index >= 15 is 0 Å². The van der Waals surface area contributed by atoms with Gasteiger partial charge in [-0.15, -0.1) is 24.8 Å². The third-order valence-electron chi connectivity index (χ3n) is 4.64. The lowest BCUT2D eigenvalue weighted by molar-refractivity contribution is -0.120. The number of carbonyl (C=O) groups is 1. The molecule has 0 spiro atoms. The van der Waals surface area contributed by atoms with E-state index in [2.05, 4.69) is 32.7 Å². The van der Waals surface area contributed by atoms with Crippen molar-refractivity contribution < 1.29 is 4.79 Å². The highest BCUT2D eigenvalue weighted by molar-refractivity contribution is 5.85. The zero-order valence-electron chi connectivity index (χ0n) is 14.7. The molecule has 0 unspecified atom stereocenters. The van der Waals surface area contributed by atoms with E-state index < -0.39 is 0 Å². The second-order valence-electron chi connectivity index (χ2n) is 6.78. The van der Waals surface area contributed by atoms with E-state index in [1.54, 1.807) is 0 Å². The number of anilines is 1. The summed E-state index contributed by atoms with van der Waals surface area (Å²) in [5, 5.41) is 6.15. The highest BCUT2D eigenvalue weighted by Crippen LogP contribution is 2.27. The number of aromatic nitrogens is 1. The van der Waals surface area contributed by atoms with Gasteiger partial charge in [0.15, 0.2) is 0 Å².